The number of thioether (sulfide) groups is 1. The van der Waals surface area contributed by atoms with Crippen molar-refractivity contribution in [1.82, 2.24) is 15.0 Å². The monoisotopic (exact) mass is 436 g/mol. The summed E-state index contributed by atoms with van der Waals surface area (Å²) < 4.78 is 12.0. The molecule has 2 atom stereocenters. The standard InChI is InChI=1S/C24H28N4O2S/c1-15-12-29-13-24(4)14-30-19-20(23(2,3)31-5)26-21(27-22(19)28(15)24)17-8-9-18-16(11-17)7-6-10-25-18/h6-11,15H,12-14H2,1-5H3/t15-,24+/m1/s1. The minimum Gasteiger partial charge on any atom is -0.485 e. The van der Waals surface area contributed by atoms with E-state index in [4.69, 9.17) is 19.4 Å². The van der Waals surface area contributed by atoms with Gasteiger partial charge in [-0.25, -0.2) is 9.97 Å². The molecule has 2 aliphatic rings. The maximum Gasteiger partial charge on any atom is 0.184 e. The van der Waals surface area contributed by atoms with Crippen LogP contribution in [0.2, 0.25) is 0 Å². The van der Waals surface area contributed by atoms with Gasteiger partial charge in [-0.2, -0.15) is 11.8 Å². The number of benzene rings is 1. The van der Waals surface area contributed by atoms with E-state index in [0.717, 1.165) is 33.7 Å². The third-order valence-corrected chi connectivity index (χ3v) is 7.55. The quantitative estimate of drug-likeness (QED) is 0.591. The number of aromatic nitrogens is 3. The van der Waals surface area contributed by atoms with Crippen LogP contribution in [0.5, 0.6) is 5.75 Å². The molecule has 0 amide bonds. The first-order chi connectivity index (χ1) is 14.8. The molecule has 0 unspecified atom stereocenters. The van der Waals surface area contributed by atoms with Crippen LogP contribution in [-0.4, -0.2) is 52.6 Å². The van der Waals surface area contributed by atoms with E-state index in [9.17, 15) is 0 Å². The molecule has 162 valence electrons. The molecule has 1 fully saturated rings. The number of ether oxygens (including phenoxy) is 2. The van der Waals surface area contributed by atoms with E-state index in [1.54, 1.807) is 11.8 Å². The highest BCUT2D eigenvalue weighted by Crippen LogP contribution is 2.48. The summed E-state index contributed by atoms with van der Waals surface area (Å²) >= 11 is 1.77. The molecular weight excluding hydrogens is 408 g/mol. The van der Waals surface area contributed by atoms with E-state index in [1.165, 1.54) is 0 Å². The Balaban J connectivity index is 1.74. The van der Waals surface area contributed by atoms with Gasteiger partial charge in [0.25, 0.3) is 0 Å². The van der Waals surface area contributed by atoms with Crippen molar-refractivity contribution in [2.45, 2.75) is 44.0 Å². The van der Waals surface area contributed by atoms with Gasteiger partial charge in [0.2, 0.25) is 0 Å². The number of morpholine rings is 1. The topological polar surface area (TPSA) is 60.4 Å². The average Bonchev–Trinajstić information content (AvgIpc) is 2.77. The molecule has 0 N–H and O–H groups in total. The minimum atomic E-state index is -0.246. The molecule has 0 aliphatic carbocycles. The Hall–Kier alpha value is -2.38. The van der Waals surface area contributed by atoms with Crippen LogP contribution in [0.4, 0.5) is 5.82 Å². The first-order valence-electron chi connectivity index (χ1n) is 10.7. The molecule has 0 saturated carbocycles. The predicted molar refractivity (Wildman–Crippen MR) is 126 cm³/mol. The SMILES string of the molecule is CSC(C)(C)c1nc(-c2ccc3ncccc3c2)nc2c1OC[C@]1(C)COC[C@@H](C)N21. The Labute approximate surface area is 187 Å². The summed E-state index contributed by atoms with van der Waals surface area (Å²) in [6.07, 6.45) is 3.93. The molecular formula is C24H28N4O2S. The van der Waals surface area contributed by atoms with Gasteiger partial charge >= 0.3 is 0 Å². The van der Waals surface area contributed by atoms with Crippen LogP contribution in [0.15, 0.2) is 36.5 Å². The van der Waals surface area contributed by atoms with Gasteiger partial charge in [-0.05, 0) is 58.2 Å². The van der Waals surface area contributed by atoms with Gasteiger partial charge in [-0.1, -0.05) is 6.07 Å². The Morgan fingerprint density at radius 1 is 1.19 bits per heavy atom. The highest BCUT2D eigenvalue weighted by Gasteiger charge is 2.47. The van der Waals surface area contributed by atoms with Gasteiger partial charge in [0.15, 0.2) is 17.4 Å². The second-order valence-corrected chi connectivity index (χ2v) is 10.6. The number of rotatable bonds is 3. The summed E-state index contributed by atoms with van der Waals surface area (Å²) in [6, 6.07) is 10.4. The van der Waals surface area contributed by atoms with Crippen LogP contribution in [0, 0.1) is 0 Å². The van der Waals surface area contributed by atoms with Gasteiger partial charge in [0.05, 0.1) is 35.1 Å². The lowest BCUT2D eigenvalue weighted by Crippen LogP contribution is -2.64. The van der Waals surface area contributed by atoms with Crippen LogP contribution >= 0.6 is 11.8 Å². The fraction of sp³-hybridized carbons (Fsp3) is 0.458. The largest absolute Gasteiger partial charge is 0.485 e. The maximum atomic E-state index is 6.35. The van der Waals surface area contributed by atoms with E-state index in [0.29, 0.717) is 25.6 Å². The van der Waals surface area contributed by atoms with E-state index < -0.39 is 0 Å². The van der Waals surface area contributed by atoms with Crippen molar-refractivity contribution in [3.05, 3.63) is 42.2 Å². The molecule has 0 spiro atoms. The Kier molecular flexibility index (Phi) is 4.86. The third-order valence-electron chi connectivity index (χ3n) is 6.34. The summed E-state index contributed by atoms with van der Waals surface area (Å²) in [5.74, 6) is 2.39. The number of pyridine rings is 1. The molecule has 2 aromatic heterocycles. The normalized spacial score (nSPS) is 23.3. The van der Waals surface area contributed by atoms with Gasteiger partial charge in [-0.15, -0.1) is 0 Å². The second kappa shape index (κ2) is 7.35. The molecule has 0 bridgehead atoms. The molecule has 2 aliphatic heterocycles. The van der Waals surface area contributed by atoms with Crippen LogP contribution in [0.1, 0.15) is 33.4 Å². The van der Waals surface area contributed by atoms with Gasteiger partial charge in [-0.3, -0.25) is 4.98 Å². The predicted octanol–water partition coefficient (Wildman–Crippen LogP) is 4.67. The highest BCUT2D eigenvalue weighted by atomic mass is 32.2. The third kappa shape index (κ3) is 3.34. The first kappa shape index (κ1) is 20.5. The lowest BCUT2D eigenvalue weighted by Gasteiger charge is -2.52. The maximum absolute atomic E-state index is 6.35. The van der Waals surface area contributed by atoms with Gasteiger partial charge in [0.1, 0.15) is 12.3 Å². The van der Waals surface area contributed by atoms with Crippen molar-refractivity contribution in [2.24, 2.45) is 0 Å². The van der Waals surface area contributed by atoms with Crippen molar-refractivity contribution in [2.75, 3.05) is 31.0 Å². The van der Waals surface area contributed by atoms with Crippen LogP contribution in [0.25, 0.3) is 22.3 Å². The fourth-order valence-corrected chi connectivity index (χ4v) is 4.84. The highest BCUT2D eigenvalue weighted by molar-refractivity contribution is 7.99. The van der Waals surface area contributed by atoms with Crippen LogP contribution in [-0.2, 0) is 9.48 Å². The van der Waals surface area contributed by atoms with E-state index in [2.05, 4.69) is 62.0 Å². The van der Waals surface area contributed by atoms with Crippen molar-refractivity contribution in [1.29, 1.82) is 0 Å². The van der Waals surface area contributed by atoms with Crippen LogP contribution < -0.4 is 9.64 Å². The number of fused-ring (bicyclic) bond motifs is 4. The van der Waals surface area contributed by atoms with E-state index in [-0.39, 0.29) is 16.3 Å². The zero-order chi connectivity index (χ0) is 21.8. The zero-order valence-corrected chi connectivity index (χ0v) is 19.5. The average molecular weight is 437 g/mol. The minimum absolute atomic E-state index is 0.204. The number of hydrogen-bond donors (Lipinski definition) is 0. The molecule has 5 rings (SSSR count). The molecule has 3 aromatic rings. The van der Waals surface area contributed by atoms with Crippen molar-refractivity contribution >= 4 is 28.5 Å². The van der Waals surface area contributed by atoms with Gasteiger partial charge in [0, 0.05) is 17.1 Å². The lowest BCUT2D eigenvalue weighted by molar-refractivity contribution is 0.00707. The summed E-state index contributed by atoms with van der Waals surface area (Å²) in [5, 5.41) is 1.08. The lowest BCUT2D eigenvalue weighted by atomic mass is 9.95. The number of nitrogens with zero attached hydrogens (tertiary/aromatic N) is 4. The summed E-state index contributed by atoms with van der Waals surface area (Å²) in [5.41, 5.74) is 2.64. The zero-order valence-electron chi connectivity index (χ0n) is 18.7. The second-order valence-electron chi connectivity index (χ2n) is 9.19. The molecule has 0 radical (unpaired) electrons. The van der Waals surface area contributed by atoms with Crippen molar-refractivity contribution in [3.63, 3.8) is 0 Å². The molecule has 1 saturated heterocycles. The van der Waals surface area contributed by atoms with E-state index >= 15 is 0 Å². The Morgan fingerprint density at radius 2 is 2.03 bits per heavy atom. The Bertz CT molecular complexity index is 1150. The molecule has 31 heavy (non-hydrogen) atoms. The smallest absolute Gasteiger partial charge is 0.184 e. The summed E-state index contributed by atoms with van der Waals surface area (Å²) in [7, 11) is 0. The number of anilines is 1. The fourth-order valence-electron chi connectivity index (χ4n) is 4.51. The molecule has 7 heteroatoms. The van der Waals surface area contributed by atoms with Gasteiger partial charge < -0.3 is 14.4 Å². The molecule has 4 heterocycles. The summed E-state index contributed by atoms with van der Waals surface area (Å²) in [4.78, 5) is 17.0. The summed E-state index contributed by atoms with van der Waals surface area (Å²) in [6.45, 7) is 10.6. The molecule has 6 nitrogen and oxygen atoms in total. The van der Waals surface area contributed by atoms with Crippen molar-refractivity contribution < 1.29 is 9.47 Å². The van der Waals surface area contributed by atoms with Crippen molar-refractivity contribution in [3.8, 4) is 17.1 Å². The van der Waals surface area contributed by atoms with Crippen LogP contribution in [0.3, 0.4) is 0 Å². The Morgan fingerprint density at radius 3 is 2.84 bits per heavy atom. The first-order valence-corrected chi connectivity index (χ1v) is 11.9. The van der Waals surface area contributed by atoms with E-state index in [1.807, 2.05) is 18.3 Å². The number of hydrogen-bond acceptors (Lipinski definition) is 7. The molecule has 1 aromatic carbocycles.